The van der Waals surface area contributed by atoms with Gasteiger partial charge >= 0.3 is 0 Å². The van der Waals surface area contributed by atoms with E-state index in [0.717, 1.165) is 30.5 Å². The molecule has 0 bridgehead atoms. The zero-order valence-electron chi connectivity index (χ0n) is 21.8. The highest BCUT2D eigenvalue weighted by molar-refractivity contribution is 5.38. The molecule has 0 aliphatic carbocycles. The lowest BCUT2D eigenvalue weighted by Gasteiger charge is -2.23. The van der Waals surface area contributed by atoms with Crippen molar-refractivity contribution in [3.05, 3.63) is 154 Å². The van der Waals surface area contributed by atoms with E-state index in [1.165, 1.54) is 39.0 Å². The Hall–Kier alpha value is -3.58. The minimum absolute atomic E-state index is 0.0757. The molecule has 3 aromatic rings. The molecule has 0 amide bonds. The largest absolute Gasteiger partial charge is 0.378 e. The first-order chi connectivity index (χ1) is 16.9. The van der Waals surface area contributed by atoms with Gasteiger partial charge in [-0.2, -0.15) is 0 Å². The van der Waals surface area contributed by atoms with E-state index >= 15 is 0 Å². The molecule has 0 radical (unpaired) electrons. The summed E-state index contributed by atoms with van der Waals surface area (Å²) in [5.41, 5.74) is 11.2. The Morgan fingerprint density at radius 3 is 2.17 bits per heavy atom. The molecule has 3 aromatic carbocycles. The molecule has 180 valence electrons. The lowest BCUT2D eigenvalue weighted by Crippen LogP contribution is -2.22. The Labute approximate surface area is 212 Å². The first-order valence-electron chi connectivity index (χ1n) is 12.5. The second-order valence-electron chi connectivity index (χ2n) is 9.43. The minimum atomic E-state index is 0.0757. The molecule has 0 saturated carbocycles. The summed E-state index contributed by atoms with van der Waals surface area (Å²) in [6.07, 6.45) is 9.13. The molecule has 35 heavy (non-hydrogen) atoms. The summed E-state index contributed by atoms with van der Waals surface area (Å²) in [6, 6.07) is 26.3. The fraction of sp³-hybridized carbons (Fsp3) is 0.235. The van der Waals surface area contributed by atoms with Gasteiger partial charge in [-0.25, -0.2) is 0 Å². The van der Waals surface area contributed by atoms with Crippen molar-refractivity contribution in [3.63, 3.8) is 0 Å². The Morgan fingerprint density at radius 2 is 1.54 bits per heavy atom. The van der Waals surface area contributed by atoms with Crippen molar-refractivity contribution in [1.82, 2.24) is 5.32 Å². The van der Waals surface area contributed by atoms with Crippen LogP contribution >= 0.6 is 0 Å². The quantitative estimate of drug-likeness (QED) is 0.281. The molecule has 1 nitrogen and oxygen atoms in total. The van der Waals surface area contributed by atoms with Crippen molar-refractivity contribution in [2.75, 3.05) is 0 Å². The molecule has 0 fully saturated rings. The van der Waals surface area contributed by atoms with Crippen LogP contribution in [0.4, 0.5) is 0 Å². The van der Waals surface area contributed by atoms with Crippen LogP contribution in [0.2, 0.25) is 0 Å². The molecule has 1 heteroatoms. The van der Waals surface area contributed by atoms with Crippen LogP contribution in [0, 0.1) is 13.8 Å². The van der Waals surface area contributed by atoms with Crippen molar-refractivity contribution in [1.29, 1.82) is 0 Å². The highest BCUT2D eigenvalue weighted by Gasteiger charge is 2.15. The number of hydrogen-bond donors (Lipinski definition) is 1. The van der Waals surface area contributed by atoms with E-state index in [4.69, 9.17) is 0 Å². The Morgan fingerprint density at radius 1 is 0.857 bits per heavy atom. The van der Waals surface area contributed by atoms with Gasteiger partial charge < -0.3 is 5.32 Å². The molecule has 0 aliphatic rings. The number of benzene rings is 3. The van der Waals surface area contributed by atoms with Gasteiger partial charge in [-0.1, -0.05) is 110 Å². The predicted octanol–water partition coefficient (Wildman–Crippen LogP) is 8.75. The number of nitrogens with one attached hydrogen (secondary N) is 1. The van der Waals surface area contributed by atoms with E-state index in [-0.39, 0.29) is 6.04 Å². The SMILES string of the molecule is C=C(Cc1ccc(CC/C(=C/C=C\C)C(=C)C)cc1)NC(c1ccccc1)c1ccc(C)c(C)c1. The summed E-state index contributed by atoms with van der Waals surface area (Å²) < 4.78 is 0. The molecule has 0 aliphatic heterocycles. The molecule has 0 saturated heterocycles. The monoisotopic (exact) mass is 461 g/mol. The Bertz CT molecular complexity index is 1190. The van der Waals surface area contributed by atoms with Gasteiger partial charge in [0.1, 0.15) is 0 Å². The summed E-state index contributed by atoms with van der Waals surface area (Å²) in [6.45, 7) is 17.0. The van der Waals surface area contributed by atoms with Gasteiger partial charge in [-0.3, -0.25) is 0 Å². The maximum absolute atomic E-state index is 4.38. The molecule has 1 atom stereocenters. The average Bonchev–Trinajstić information content (AvgIpc) is 2.85. The van der Waals surface area contributed by atoms with Gasteiger partial charge in [-0.15, -0.1) is 0 Å². The minimum Gasteiger partial charge on any atom is -0.378 e. The van der Waals surface area contributed by atoms with E-state index < -0.39 is 0 Å². The van der Waals surface area contributed by atoms with Crippen molar-refractivity contribution in [3.8, 4) is 0 Å². The molecule has 0 spiro atoms. The van der Waals surface area contributed by atoms with E-state index in [9.17, 15) is 0 Å². The van der Waals surface area contributed by atoms with E-state index in [1.54, 1.807) is 0 Å². The van der Waals surface area contributed by atoms with E-state index in [2.05, 4.69) is 130 Å². The van der Waals surface area contributed by atoms with Crippen LogP contribution in [0.1, 0.15) is 59.7 Å². The summed E-state index contributed by atoms with van der Waals surface area (Å²) in [5, 5.41) is 3.71. The van der Waals surface area contributed by atoms with Crippen LogP contribution < -0.4 is 5.32 Å². The number of aryl methyl sites for hydroxylation is 3. The fourth-order valence-corrected chi connectivity index (χ4v) is 4.20. The second kappa shape index (κ2) is 12.8. The third kappa shape index (κ3) is 7.72. The molecule has 0 aromatic heterocycles. The first-order valence-corrected chi connectivity index (χ1v) is 12.5. The van der Waals surface area contributed by atoms with Gasteiger partial charge in [0.15, 0.2) is 0 Å². The standard InChI is InChI=1S/C34H39N/c1-7-8-12-31(25(2)3)22-20-29-16-18-30(19-17-29)24-28(6)35-34(32-13-10-9-11-14-32)33-21-15-26(4)27(5)23-33/h7-19,21,23,34-35H,2,6,20,22,24H2,1,3-5H3/b8-7-,31-12-. The normalized spacial score (nSPS) is 12.5. The van der Waals surface area contributed by atoms with Gasteiger partial charge in [0.25, 0.3) is 0 Å². The van der Waals surface area contributed by atoms with Crippen molar-refractivity contribution >= 4 is 0 Å². The van der Waals surface area contributed by atoms with Gasteiger partial charge in [0.2, 0.25) is 0 Å². The zero-order valence-corrected chi connectivity index (χ0v) is 21.8. The third-order valence-corrected chi connectivity index (χ3v) is 6.51. The smallest absolute Gasteiger partial charge is 0.0764 e. The Balaban J connectivity index is 1.67. The third-order valence-electron chi connectivity index (χ3n) is 6.51. The summed E-state index contributed by atoms with van der Waals surface area (Å²) in [4.78, 5) is 0. The highest BCUT2D eigenvalue weighted by Crippen LogP contribution is 2.26. The topological polar surface area (TPSA) is 12.0 Å². The first kappa shape index (κ1) is 26.0. The van der Waals surface area contributed by atoms with Crippen LogP contribution in [-0.4, -0.2) is 0 Å². The highest BCUT2D eigenvalue weighted by atomic mass is 14.9. The zero-order chi connectivity index (χ0) is 25.2. The molecule has 0 heterocycles. The van der Waals surface area contributed by atoms with Gasteiger partial charge in [0, 0.05) is 12.1 Å². The lowest BCUT2D eigenvalue weighted by molar-refractivity contribution is 0.677. The van der Waals surface area contributed by atoms with Crippen LogP contribution in [-0.2, 0) is 12.8 Å². The van der Waals surface area contributed by atoms with Crippen LogP contribution in [0.15, 0.2) is 121 Å². The van der Waals surface area contributed by atoms with E-state index in [0.29, 0.717) is 0 Å². The molecule has 1 N–H and O–H groups in total. The maximum Gasteiger partial charge on any atom is 0.0764 e. The fourth-order valence-electron chi connectivity index (χ4n) is 4.20. The van der Waals surface area contributed by atoms with Crippen molar-refractivity contribution < 1.29 is 0 Å². The van der Waals surface area contributed by atoms with Crippen LogP contribution in [0.25, 0.3) is 0 Å². The molecule has 3 rings (SSSR count). The number of hydrogen-bond acceptors (Lipinski definition) is 1. The van der Waals surface area contributed by atoms with Gasteiger partial charge in [-0.05, 0) is 79.5 Å². The van der Waals surface area contributed by atoms with Crippen molar-refractivity contribution in [2.24, 2.45) is 0 Å². The summed E-state index contributed by atoms with van der Waals surface area (Å²) in [5.74, 6) is 0. The molecular formula is C34H39N. The number of rotatable bonds is 11. The average molecular weight is 462 g/mol. The van der Waals surface area contributed by atoms with Crippen molar-refractivity contribution in [2.45, 2.75) is 53.0 Å². The predicted molar refractivity (Wildman–Crippen MR) is 153 cm³/mol. The summed E-state index contributed by atoms with van der Waals surface area (Å²) >= 11 is 0. The maximum atomic E-state index is 4.38. The number of allylic oxidation sites excluding steroid dienone is 6. The Kier molecular flexibility index (Phi) is 9.49. The van der Waals surface area contributed by atoms with Gasteiger partial charge in [0.05, 0.1) is 6.04 Å². The van der Waals surface area contributed by atoms with E-state index in [1.807, 2.05) is 6.92 Å². The van der Waals surface area contributed by atoms with Crippen LogP contribution in [0.3, 0.4) is 0 Å². The molecular weight excluding hydrogens is 422 g/mol. The molecule has 1 unspecified atom stereocenters. The summed E-state index contributed by atoms with van der Waals surface area (Å²) in [7, 11) is 0. The lowest BCUT2D eigenvalue weighted by atomic mass is 9.95. The second-order valence-corrected chi connectivity index (χ2v) is 9.43. The van der Waals surface area contributed by atoms with Crippen LogP contribution in [0.5, 0.6) is 0 Å².